The number of carbonyl (C=O) groups excluding carboxylic acids is 1. The molecule has 2 heterocycles. The van der Waals surface area contributed by atoms with Crippen LogP contribution in [-0.2, 0) is 0 Å². The third-order valence-corrected chi connectivity index (χ3v) is 5.32. The minimum atomic E-state index is -0.0988. The molecule has 28 heavy (non-hydrogen) atoms. The number of nitrogens with zero attached hydrogens (tertiary/aromatic N) is 3. The zero-order valence-corrected chi connectivity index (χ0v) is 16.2. The largest absolute Gasteiger partial charge is 0.369 e. The number of aromatic nitrogens is 1. The van der Waals surface area contributed by atoms with Gasteiger partial charge in [0.05, 0.1) is 0 Å². The Morgan fingerprint density at radius 1 is 0.893 bits per heavy atom. The molecule has 1 N–H and O–H groups in total. The molecule has 0 unspecified atom stereocenters. The fourth-order valence-corrected chi connectivity index (χ4v) is 3.60. The van der Waals surface area contributed by atoms with Crippen LogP contribution in [0.2, 0.25) is 0 Å². The van der Waals surface area contributed by atoms with Crippen molar-refractivity contribution >= 4 is 17.3 Å². The average molecular weight is 374 g/mol. The number of amides is 1. The highest BCUT2D eigenvalue weighted by atomic mass is 16.1. The van der Waals surface area contributed by atoms with Gasteiger partial charge in [0.2, 0.25) is 0 Å². The third kappa shape index (κ3) is 4.10. The Labute approximate surface area is 166 Å². The third-order valence-electron chi connectivity index (χ3n) is 5.32. The number of anilines is 2. The molecule has 1 amide bonds. The number of benzene rings is 2. The summed E-state index contributed by atoms with van der Waals surface area (Å²) < 4.78 is 1.99. The zero-order valence-electron chi connectivity index (χ0n) is 16.2. The van der Waals surface area contributed by atoms with Gasteiger partial charge < -0.3 is 19.7 Å². The Balaban J connectivity index is 1.41. The number of piperazine rings is 1. The molecule has 5 nitrogen and oxygen atoms in total. The molecule has 0 atom stereocenters. The van der Waals surface area contributed by atoms with E-state index >= 15 is 0 Å². The Hall–Kier alpha value is -3.05. The fourth-order valence-electron chi connectivity index (χ4n) is 3.60. The van der Waals surface area contributed by atoms with E-state index in [1.54, 1.807) is 0 Å². The smallest absolute Gasteiger partial charge is 0.255 e. The van der Waals surface area contributed by atoms with Crippen LogP contribution < -0.4 is 10.2 Å². The highest BCUT2D eigenvalue weighted by molar-refractivity contribution is 6.04. The molecule has 4 rings (SSSR count). The molecule has 5 heteroatoms. The van der Waals surface area contributed by atoms with Crippen molar-refractivity contribution in [2.75, 3.05) is 42.9 Å². The molecule has 0 radical (unpaired) electrons. The van der Waals surface area contributed by atoms with Crippen molar-refractivity contribution in [1.29, 1.82) is 0 Å². The summed E-state index contributed by atoms with van der Waals surface area (Å²) >= 11 is 0. The van der Waals surface area contributed by atoms with Crippen molar-refractivity contribution in [1.82, 2.24) is 9.47 Å². The maximum absolute atomic E-state index is 12.7. The summed E-state index contributed by atoms with van der Waals surface area (Å²) in [6, 6.07) is 19.7. The summed E-state index contributed by atoms with van der Waals surface area (Å²) in [7, 11) is 0. The van der Waals surface area contributed by atoms with Gasteiger partial charge in [0.25, 0.3) is 5.91 Å². The van der Waals surface area contributed by atoms with Crippen LogP contribution in [-0.4, -0.2) is 48.1 Å². The highest BCUT2D eigenvalue weighted by Gasteiger charge is 2.16. The maximum atomic E-state index is 12.7. The normalized spacial score (nSPS) is 14.8. The van der Waals surface area contributed by atoms with Gasteiger partial charge in [-0.15, -0.1) is 0 Å². The lowest BCUT2D eigenvalue weighted by Crippen LogP contribution is -2.46. The number of nitrogens with one attached hydrogen (secondary N) is 1. The van der Waals surface area contributed by atoms with E-state index in [0.29, 0.717) is 5.56 Å². The van der Waals surface area contributed by atoms with Crippen molar-refractivity contribution in [3.8, 4) is 5.69 Å². The van der Waals surface area contributed by atoms with Gasteiger partial charge in [-0.3, -0.25) is 4.79 Å². The van der Waals surface area contributed by atoms with E-state index in [1.807, 2.05) is 65.5 Å². The molecule has 0 spiro atoms. The molecule has 1 aliphatic heterocycles. The predicted molar refractivity (Wildman–Crippen MR) is 114 cm³/mol. The van der Waals surface area contributed by atoms with E-state index in [9.17, 15) is 4.79 Å². The molecule has 0 saturated carbocycles. The Morgan fingerprint density at radius 3 is 2.29 bits per heavy atom. The summed E-state index contributed by atoms with van der Waals surface area (Å²) in [5.41, 5.74) is 3.64. The van der Waals surface area contributed by atoms with Gasteiger partial charge in [-0.05, 0) is 61.1 Å². The Kier molecular flexibility index (Phi) is 5.44. The zero-order chi connectivity index (χ0) is 19.3. The number of hydrogen-bond acceptors (Lipinski definition) is 3. The van der Waals surface area contributed by atoms with E-state index in [4.69, 9.17) is 0 Å². The summed E-state index contributed by atoms with van der Waals surface area (Å²) in [5, 5.41) is 3.00. The van der Waals surface area contributed by atoms with Gasteiger partial charge in [0.1, 0.15) is 0 Å². The van der Waals surface area contributed by atoms with Crippen LogP contribution in [0.5, 0.6) is 0 Å². The lowest BCUT2D eigenvalue weighted by atomic mass is 10.1. The second kappa shape index (κ2) is 8.31. The number of carbonyl (C=O) groups is 1. The van der Waals surface area contributed by atoms with Crippen molar-refractivity contribution < 1.29 is 4.79 Å². The molecule has 1 saturated heterocycles. The van der Waals surface area contributed by atoms with Gasteiger partial charge in [-0.2, -0.15) is 0 Å². The monoisotopic (exact) mass is 374 g/mol. The van der Waals surface area contributed by atoms with Crippen LogP contribution in [0.1, 0.15) is 17.3 Å². The number of hydrogen-bond donors (Lipinski definition) is 1. The van der Waals surface area contributed by atoms with Crippen molar-refractivity contribution in [3.05, 3.63) is 78.6 Å². The average Bonchev–Trinajstić information content (AvgIpc) is 3.29. The minimum absolute atomic E-state index is 0.0988. The first-order valence-corrected chi connectivity index (χ1v) is 9.85. The standard InChI is InChI=1S/C23H26N4O/c1-2-25-14-16-27(17-15-25)21-10-8-20(9-11-21)24-23(28)19-6-5-7-22(18-19)26-12-3-4-13-26/h3-13,18H,2,14-17H2,1H3,(H,24,28). The molecule has 0 bridgehead atoms. The molecular formula is C23H26N4O. The molecule has 0 aliphatic carbocycles. The number of rotatable bonds is 5. The Morgan fingerprint density at radius 2 is 1.61 bits per heavy atom. The van der Waals surface area contributed by atoms with E-state index < -0.39 is 0 Å². The van der Waals surface area contributed by atoms with E-state index in [0.717, 1.165) is 44.1 Å². The van der Waals surface area contributed by atoms with Crippen LogP contribution in [0, 0.1) is 0 Å². The first kappa shape index (κ1) is 18.3. The molecule has 144 valence electrons. The lowest BCUT2D eigenvalue weighted by molar-refractivity contribution is 0.102. The molecule has 1 aliphatic rings. The van der Waals surface area contributed by atoms with Crippen LogP contribution in [0.4, 0.5) is 11.4 Å². The quantitative estimate of drug-likeness (QED) is 0.737. The maximum Gasteiger partial charge on any atom is 0.255 e. The van der Waals surface area contributed by atoms with Crippen molar-refractivity contribution in [2.24, 2.45) is 0 Å². The van der Waals surface area contributed by atoms with Gasteiger partial charge in [0.15, 0.2) is 0 Å². The molecule has 3 aromatic rings. The molecule has 2 aromatic carbocycles. The summed E-state index contributed by atoms with van der Waals surface area (Å²) in [6.45, 7) is 7.63. The minimum Gasteiger partial charge on any atom is -0.369 e. The fraction of sp³-hybridized carbons (Fsp3) is 0.261. The van der Waals surface area contributed by atoms with E-state index in [2.05, 4.69) is 34.2 Å². The second-order valence-corrected chi connectivity index (χ2v) is 7.06. The highest BCUT2D eigenvalue weighted by Crippen LogP contribution is 2.20. The van der Waals surface area contributed by atoms with Crippen LogP contribution in [0.15, 0.2) is 73.1 Å². The van der Waals surface area contributed by atoms with Crippen molar-refractivity contribution in [2.45, 2.75) is 6.92 Å². The SMILES string of the molecule is CCN1CCN(c2ccc(NC(=O)c3cccc(-n4cccc4)c3)cc2)CC1. The predicted octanol–water partition coefficient (Wildman–Crippen LogP) is 3.87. The Bertz CT molecular complexity index is 910. The summed E-state index contributed by atoms with van der Waals surface area (Å²) in [5.74, 6) is -0.0988. The first-order chi connectivity index (χ1) is 13.7. The second-order valence-electron chi connectivity index (χ2n) is 7.06. The molecule has 1 aromatic heterocycles. The topological polar surface area (TPSA) is 40.5 Å². The van der Waals surface area contributed by atoms with Gasteiger partial charge in [-0.1, -0.05) is 13.0 Å². The van der Waals surface area contributed by atoms with Gasteiger partial charge in [0, 0.05) is 61.2 Å². The van der Waals surface area contributed by atoms with E-state index in [-0.39, 0.29) is 5.91 Å². The summed E-state index contributed by atoms with van der Waals surface area (Å²) in [4.78, 5) is 17.5. The first-order valence-electron chi connectivity index (χ1n) is 9.85. The van der Waals surface area contributed by atoms with Crippen LogP contribution in [0.25, 0.3) is 5.69 Å². The molecule has 1 fully saturated rings. The molecular weight excluding hydrogens is 348 g/mol. The van der Waals surface area contributed by atoms with Gasteiger partial charge in [-0.25, -0.2) is 0 Å². The van der Waals surface area contributed by atoms with Crippen molar-refractivity contribution in [3.63, 3.8) is 0 Å². The van der Waals surface area contributed by atoms with E-state index in [1.165, 1.54) is 5.69 Å². The van der Waals surface area contributed by atoms with Crippen LogP contribution >= 0.6 is 0 Å². The summed E-state index contributed by atoms with van der Waals surface area (Å²) in [6.07, 6.45) is 3.94. The van der Waals surface area contributed by atoms with Gasteiger partial charge >= 0.3 is 0 Å². The number of likely N-dealkylation sites (N-methyl/N-ethyl adjacent to an activating group) is 1. The lowest BCUT2D eigenvalue weighted by Gasteiger charge is -2.35. The van der Waals surface area contributed by atoms with Crippen LogP contribution in [0.3, 0.4) is 0 Å².